The first-order valence-electron chi connectivity index (χ1n) is 10.3. The average Bonchev–Trinajstić information content (AvgIpc) is 3.18. The third kappa shape index (κ3) is 4.52. The van der Waals surface area contributed by atoms with Gasteiger partial charge in [-0.05, 0) is 41.5 Å². The SMILES string of the molecule is CC(=O)N1c2ccc(S(=O)(=O)N3CCOCC3)cc2CC1C(=O)NCc1ccc(Cl)cc1. The van der Waals surface area contributed by atoms with E-state index in [9.17, 15) is 18.0 Å². The summed E-state index contributed by atoms with van der Waals surface area (Å²) >= 11 is 5.89. The van der Waals surface area contributed by atoms with Gasteiger partial charge < -0.3 is 10.1 Å². The maximum atomic E-state index is 13.0. The van der Waals surface area contributed by atoms with Crippen molar-refractivity contribution >= 4 is 39.1 Å². The standard InChI is InChI=1S/C22H24ClN3O5S/c1-15(27)26-20-7-6-19(32(29,30)25-8-10-31-11-9-25)12-17(20)13-21(26)22(28)24-14-16-2-4-18(23)5-3-16/h2-7,12,21H,8-11,13-14H2,1H3,(H,24,28). The lowest BCUT2D eigenvalue weighted by Gasteiger charge is -2.26. The molecule has 1 unspecified atom stereocenters. The number of fused-ring (bicyclic) bond motifs is 1. The third-order valence-electron chi connectivity index (χ3n) is 5.67. The Morgan fingerprint density at radius 3 is 2.47 bits per heavy atom. The highest BCUT2D eigenvalue weighted by atomic mass is 35.5. The van der Waals surface area contributed by atoms with E-state index in [-0.39, 0.29) is 23.1 Å². The molecule has 1 fully saturated rings. The smallest absolute Gasteiger partial charge is 0.243 e. The van der Waals surface area contributed by atoms with Crippen molar-refractivity contribution in [2.24, 2.45) is 0 Å². The molecule has 1 saturated heterocycles. The quantitative estimate of drug-likeness (QED) is 0.710. The molecule has 4 rings (SSSR count). The Balaban J connectivity index is 1.54. The number of hydrogen-bond donors (Lipinski definition) is 1. The Bertz CT molecular complexity index is 1130. The van der Waals surface area contributed by atoms with Gasteiger partial charge in [0, 0.05) is 43.7 Å². The molecule has 0 bridgehead atoms. The molecule has 1 N–H and O–H groups in total. The fourth-order valence-electron chi connectivity index (χ4n) is 4.03. The molecular formula is C22H24ClN3O5S. The van der Waals surface area contributed by atoms with Gasteiger partial charge in [-0.25, -0.2) is 8.42 Å². The first-order valence-corrected chi connectivity index (χ1v) is 12.1. The van der Waals surface area contributed by atoms with Crippen molar-refractivity contribution in [3.8, 4) is 0 Å². The van der Waals surface area contributed by atoms with Crippen molar-refractivity contribution < 1.29 is 22.7 Å². The van der Waals surface area contributed by atoms with Crippen LogP contribution in [0.5, 0.6) is 0 Å². The summed E-state index contributed by atoms with van der Waals surface area (Å²) in [5, 5.41) is 3.47. The van der Waals surface area contributed by atoms with Crippen LogP contribution in [0.1, 0.15) is 18.1 Å². The maximum Gasteiger partial charge on any atom is 0.243 e. The zero-order chi connectivity index (χ0) is 22.9. The van der Waals surface area contributed by atoms with E-state index >= 15 is 0 Å². The van der Waals surface area contributed by atoms with Crippen LogP contribution in [-0.2, 0) is 37.3 Å². The van der Waals surface area contributed by atoms with Crippen LogP contribution < -0.4 is 10.2 Å². The molecule has 2 aliphatic rings. The van der Waals surface area contributed by atoms with E-state index in [1.54, 1.807) is 24.3 Å². The Morgan fingerprint density at radius 2 is 1.81 bits per heavy atom. The Morgan fingerprint density at radius 1 is 1.12 bits per heavy atom. The van der Waals surface area contributed by atoms with Crippen LogP contribution in [0.2, 0.25) is 5.02 Å². The minimum absolute atomic E-state index is 0.156. The number of nitrogens with one attached hydrogen (secondary N) is 1. The molecule has 2 aromatic rings. The second kappa shape index (κ2) is 9.19. The molecule has 2 amide bonds. The number of rotatable bonds is 5. The molecule has 2 aromatic carbocycles. The fourth-order valence-corrected chi connectivity index (χ4v) is 5.62. The minimum Gasteiger partial charge on any atom is -0.379 e. The van der Waals surface area contributed by atoms with Crippen LogP contribution in [0.4, 0.5) is 5.69 Å². The van der Waals surface area contributed by atoms with E-state index in [4.69, 9.17) is 16.3 Å². The molecule has 0 radical (unpaired) electrons. The summed E-state index contributed by atoms with van der Waals surface area (Å²) in [7, 11) is -3.67. The van der Waals surface area contributed by atoms with Crippen molar-refractivity contribution in [2.75, 3.05) is 31.2 Å². The first-order chi connectivity index (χ1) is 15.3. The zero-order valence-corrected chi connectivity index (χ0v) is 19.2. The second-order valence-electron chi connectivity index (χ2n) is 7.76. The van der Waals surface area contributed by atoms with Crippen LogP contribution in [0.3, 0.4) is 0 Å². The molecule has 32 heavy (non-hydrogen) atoms. The van der Waals surface area contributed by atoms with E-state index in [1.165, 1.54) is 22.2 Å². The normalized spacial score (nSPS) is 18.9. The number of hydrogen-bond acceptors (Lipinski definition) is 5. The monoisotopic (exact) mass is 477 g/mol. The highest BCUT2D eigenvalue weighted by Crippen LogP contribution is 2.35. The molecule has 0 aliphatic carbocycles. The van der Waals surface area contributed by atoms with Crippen LogP contribution in [0.15, 0.2) is 47.4 Å². The molecule has 0 aromatic heterocycles. The number of sulfonamides is 1. The van der Waals surface area contributed by atoms with E-state index in [0.29, 0.717) is 49.1 Å². The van der Waals surface area contributed by atoms with Crippen LogP contribution >= 0.6 is 11.6 Å². The lowest BCUT2D eigenvalue weighted by molar-refractivity contribution is -0.125. The highest BCUT2D eigenvalue weighted by molar-refractivity contribution is 7.89. The molecule has 0 spiro atoms. The van der Waals surface area contributed by atoms with Crippen LogP contribution in [0, 0.1) is 0 Å². The largest absolute Gasteiger partial charge is 0.379 e. The molecular weight excluding hydrogens is 454 g/mol. The van der Waals surface area contributed by atoms with Gasteiger partial charge in [0.05, 0.1) is 18.1 Å². The van der Waals surface area contributed by atoms with Gasteiger partial charge in [0.2, 0.25) is 21.8 Å². The number of morpholine rings is 1. The molecule has 170 valence electrons. The molecule has 8 nitrogen and oxygen atoms in total. The first kappa shape index (κ1) is 22.7. The predicted molar refractivity (Wildman–Crippen MR) is 120 cm³/mol. The van der Waals surface area contributed by atoms with E-state index < -0.39 is 16.1 Å². The number of anilines is 1. The Hall–Kier alpha value is -2.46. The maximum absolute atomic E-state index is 13.0. The third-order valence-corrected chi connectivity index (χ3v) is 7.81. The summed E-state index contributed by atoms with van der Waals surface area (Å²) in [4.78, 5) is 26.9. The van der Waals surface area contributed by atoms with Gasteiger partial charge in [-0.1, -0.05) is 23.7 Å². The van der Waals surface area contributed by atoms with Crippen LogP contribution in [0.25, 0.3) is 0 Å². The van der Waals surface area contributed by atoms with Gasteiger partial charge in [-0.15, -0.1) is 0 Å². The molecule has 0 saturated carbocycles. The van der Waals surface area contributed by atoms with Crippen molar-refractivity contribution in [1.29, 1.82) is 0 Å². The highest BCUT2D eigenvalue weighted by Gasteiger charge is 2.38. The average molecular weight is 478 g/mol. The summed E-state index contributed by atoms with van der Waals surface area (Å²) in [6, 6.07) is 11.1. The van der Waals surface area contributed by atoms with Crippen molar-refractivity contribution in [3.63, 3.8) is 0 Å². The lowest BCUT2D eigenvalue weighted by atomic mass is 10.1. The van der Waals surface area contributed by atoms with Crippen molar-refractivity contribution in [2.45, 2.75) is 30.8 Å². The molecule has 1 atom stereocenters. The van der Waals surface area contributed by atoms with Crippen molar-refractivity contribution in [3.05, 3.63) is 58.6 Å². The summed E-state index contributed by atoms with van der Waals surface area (Å²) < 4.78 is 32.6. The summed E-state index contributed by atoms with van der Waals surface area (Å²) in [6.07, 6.45) is 0.244. The van der Waals surface area contributed by atoms with E-state index in [2.05, 4.69) is 5.32 Å². The van der Waals surface area contributed by atoms with E-state index in [0.717, 1.165) is 5.56 Å². The number of benzene rings is 2. The molecule has 10 heteroatoms. The van der Waals surface area contributed by atoms with Gasteiger partial charge in [0.25, 0.3) is 0 Å². The van der Waals surface area contributed by atoms with Gasteiger partial charge in [-0.3, -0.25) is 14.5 Å². The number of halogens is 1. The number of ether oxygens (including phenoxy) is 1. The number of carbonyl (C=O) groups is 2. The van der Waals surface area contributed by atoms with Gasteiger partial charge in [0.1, 0.15) is 6.04 Å². The Kier molecular flexibility index (Phi) is 6.52. The predicted octanol–water partition coefficient (Wildman–Crippen LogP) is 1.95. The summed E-state index contributed by atoms with van der Waals surface area (Å²) in [5.74, 6) is -0.580. The minimum atomic E-state index is -3.67. The number of carbonyl (C=O) groups excluding carboxylic acids is 2. The van der Waals surface area contributed by atoms with E-state index in [1.807, 2.05) is 12.1 Å². The number of amides is 2. The summed E-state index contributed by atoms with van der Waals surface area (Å²) in [6.45, 7) is 3.01. The summed E-state index contributed by atoms with van der Waals surface area (Å²) in [5.41, 5.74) is 2.10. The zero-order valence-electron chi connectivity index (χ0n) is 17.6. The number of nitrogens with zero attached hydrogens (tertiary/aromatic N) is 2. The molecule has 2 heterocycles. The second-order valence-corrected chi connectivity index (χ2v) is 10.1. The van der Waals surface area contributed by atoms with Crippen molar-refractivity contribution in [1.82, 2.24) is 9.62 Å². The Labute approximate surface area is 192 Å². The van der Waals surface area contributed by atoms with Gasteiger partial charge in [0.15, 0.2) is 0 Å². The lowest BCUT2D eigenvalue weighted by Crippen LogP contribution is -2.47. The van der Waals surface area contributed by atoms with Gasteiger partial charge in [-0.2, -0.15) is 4.31 Å². The van der Waals surface area contributed by atoms with Gasteiger partial charge >= 0.3 is 0 Å². The molecule has 2 aliphatic heterocycles. The topological polar surface area (TPSA) is 96.0 Å². The fraction of sp³-hybridized carbons (Fsp3) is 0.364. The van der Waals surface area contributed by atoms with Crippen LogP contribution in [-0.4, -0.2) is 56.9 Å².